The van der Waals surface area contributed by atoms with E-state index in [9.17, 15) is 8.78 Å². The molecule has 23 heavy (non-hydrogen) atoms. The van der Waals surface area contributed by atoms with Crippen LogP contribution >= 0.6 is 24.0 Å². The quantitative estimate of drug-likeness (QED) is 0.425. The summed E-state index contributed by atoms with van der Waals surface area (Å²) in [6.07, 6.45) is 1.69. The highest BCUT2D eigenvalue weighted by molar-refractivity contribution is 14.0. The number of nitrogens with two attached hydrogens (primary N) is 1. The van der Waals surface area contributed by atoms with E-state index in [4.69, 9.17) is 10.2 Å². The molecule has 0 saturated heterocycles. The molecule has 2 rings (SSSR count). The van der Waals surface area contributed by atoms with Crippen LogP contribution in [0.5, 0.6) is 0 Å². The summed E-state index contributed by atoms with van der Waals surface area (Å²) in [5.41, 5.74) is 6.36. The lowest BCUT2D eigenvalue weighted by atomic mass is 10.3. The Kier molecular flexibility index (Phi) is 7.40. The van der Waals surface area contributed by atoms with Crippen molar-refractivity contribution >= 4 is 35.6 Å². The third kappa shape index (κ3) is 5.45. The molecular formula is C15H19F2IN4O. The van der Waals surface area contributed by atoms with E-state index in [0.29, 0.717) is 11.7 Å². The third-order valence-corrected chi connectivity index (χ3v) is 2.98. The van der Waals surface area contributed by atoms with Crippen LogP contribution in [0, 0.1) is 18.6 Å². The van der Waals surface area contributed by atoms with Crippen molar-refractivity contribution in [1.82, 2.24) is 4.98 Å². The fourth-order valence-corrected chi connectivity index (χ4v) is 1.88. The van der Waals surface area contributed by atoms with Crippen LogP contribution in [-0.2, 0) is 13.0 Å². The van der Waals surface area contributed by atoms with Crippen molar-refractivity contribution < 1.29 is 13.2 Å². The molecule has 8 heteroatoms. The number of aryl methyl sites for hydroxylation is 2. The first kappa shape index (κ1) is 19.3. The average molecular weight is 436 g/mol. The van der Waals surface area contributed by atoms with Gasteiger partial charge < -0.3 is 15.5 Å². The number of rotatable bonds is 5. The van der Waals surface area contributed by atoms with Crippen LogP contribution in [0.2, 0.25) is 0 Å². The van der Waals surface area contributed by atoms with E-state index >= 15 is 0 Å². The fraction of sp³-hybridized carbons (Fsp3) is 0.333. The standard InChI is InChI=1S/C15H18F2N4O.HI/c1-3-4-14-20-9(2)13(22-14)8-19-15(18)21-12-7-10(16)5-6-11(12)17;/h5-7H,3-4,8H2,1-2H3,(H3,18,19,21);1H. The summed E-state index contributed by atoms with van der Waals surface area (Å²) in [6.45, 7) is 4.04. The van der Waals surface area contributed by atoms with Crippen LogP contribution in [0.1, 0.15) is 30.7 Å². The van der Waals surface area contributed by atoms with Gasteiger partial charge in [-0.05, 0) is 25.5 Å². The second-order valence-corrected chi connectivity index (χ2v) is 4.82. The summed E-state index contributed by atoms with van der Waals surface area (Å²) in [7, 11) is 0. The highest BCUT2D eigenvalue weighted by atomic mass is 127. The highest BCUT2D eigenvalue weighted by Crippen LogP contribution is 2.16. The number of aromatic nitrogens is 1. The number of oxazole rings is 1. The zero-order valence-electron chi connectivity index (χ0n) is 12.9. The Morgan fingerprint density at radius 2 is 2.13 bits per heavy atom. The van der Waals surface area contributed by atoms with Crippen LogP contribution in [0.3, 0.4) is 0 Å². The highest BCUT2D eigenvalue weighted by Gasteiger charge is 2.09. The van der Waals surface area contributed by atoms with Gasteiger partial charge in [-0.3, -0.25) is 0 Å². The van der Waals surface area contributed by atoms with Crippen molar-refractivity contribution in [2.45, 2.75) is 33.2 Å². The van der Waals surface area contributed by atoms with Crippen molar-refractivity contribution in [3.63, 3.8) is 0 Å². The summed E-state index contributed by atoms with van der Waals surface area (Å²) < 4.78 is 32.1. The molecule has 0 unspecified atom stereocenters. The molecular weight excluding hydrogens is 417 g/mol. The molecule has 0 aliphatic heterocycles. The number of hydrogen-bond donors (Lipinski definition) is 2. The van der Waals surface area contributed by atoms with Gasteiger partial charge >= 0.3 is 0 Å². The van der Waals surface area contributed by atoms with Gasteiger partial charge in [-0.15, -0.1) is 24.0 Å². The molecule has 0 saturated carbocycles. The monoisotopic (exact) mass is 436 g/mol. The van der Waals surface area contributed by atoms with Gasteiger partial charge in [0.2, 0.25) is 0 Å². The molecule has 126 valence electrons. The lowest BCUT2D eigenvalue weighted by Crippen LogP contribution is -2.23. The minimum absolute atomic E-state index is 0. The SMILES string of the molecule is CCCc1nc(C)c(CN=C(N)Nc2cc(F)ccc2F)o1.I. The molecule has 3 N–H and O–H groups in total. The van der Waals surface area contributed by atoms with Crippen molar-refractivity contribution in [2.24, 2.45) is 10.7 Å². The van der Waals surface area contributed by atoms with Crippen molar-refractivity contribution in [1.29, 1.82) is 0 Å². The van der Waals surface area contributed by atoms with Gasteiger partial charge in [0.1, 0.15) is 23.9 Å². The van der Waals surface area contributed by atoms with Crippen molar-refractivity contribution in [3.05, 3.63) is 47.2 Å². The maximum atomic E-state index is 13.5. The Morgan fingerprint density at radius 1 is 1.39 bits per heavy atom. The third-order valence-electron chi connectivity index (χ3n) is 2.98. The van der Waals surface area contributed by atoms with Crippen LogP contribution in [-0.4, -0.2) is 10.9 Å². The van der Waals surface area contributed by atoms with Gasteiger partial charge in [0.15, 0.2) is 11.9 Å². The number of aliphatic imine (C=N–C) groups is 1. The van der Waals surface area contributed by atoms with Crippen molar-refractivity contribution in [3.8, 4) is 0 Å². The molecule has 0 fully saturated rings. The van der Waals surface area contributed by atoms with Crippen LogP contribution in [0.15, 0.2) is 27.6 Å². The summed E-state index contributed by atoms with van der Waals surface area (Å²) in [4.78, 5) is 8.34. The fourth-order valence-electron chi connectivity index (χ4n) is 1.88. The molecule has 1 aromatic carbocycles. The number of guanidine groups is 1. The van der Waals surface area contributed by atoms with Gasteiger partial charge in [-0.1, -0.05) is 6.92 Å². The second kappa shape index (κ2) is 8.80. The molecule has 1 heterocycles. The summed E-state index contributed by atoms with van der Waals surface area (Å²) in [5, 5.41) is 2.52. The minimum Gasteiger partial charge on any atom is -0.443 e. The van der Waals surface area contributed by atoms with E-state index in [2.05, 4.69) is 15.3 Å². The second-order valence-electron chi connectivity index (χ2n) is 4.82. The molecule has 0 bridgehead atoms. The average Bonchev–Trinajstić information content (AvgIpc) is 2.81. The zero-order chi connectivity index (χ0) is 16.1. The van der Waals surface area contributed by atoms with Gasteiger partial charge in [-0.25, -0.2) is 18.8 Å². The smallest absolute Gasteiger partial charge is 0.194 e. The first-order valence-corrected chi connectivity index (χ1v) is 6.96. The number of nitrogens with zero attached hydrogens (tertiary/aromatic N) is 2. The lowest BCUT2D eigenvalue weighted by molar-refractivity contribution is 0.453. The van der Waals surface area contributed by atoms with E-state index in [1.165, 1.54) is 0 Å². The van der Waals surface area contributed by atoms with Crippen molar-refractivity contribution in [2.75, 3.05) is 5.32 Å². The van der Waals surface area contributed by atoms with E-state index in [1.807, 2.05) is 13.8 Å². The maximum Gasteiger partial charge on any atom is 0.194 e. The Hall–Kier alpha value is -1.71. The molecule has 0 radical (unpaired) electrons. The molecule has 0 aliphatic carbocycles. The van der Waals surface area contributed by atoms with E-state index < -0.39 is 11.6 Å². The van der Waals surface area contributed by atoms with Crippen LogP contribution < -0.4 is 11.1 Å². The molecule has 0 amide bonds. The van der Waals surface area contributed by atoms with E-state index in [-0.39, 0.29) is 42.2 Å². The molecule has 0 aliphatic rings. The van der Waals surface area contributed by atoms with Gasteiger partial charge in [0.25, 0.3) is 0 Å². The number of hydrogen-bond acceptors (Lipinski definition) is 3. The zero-order valence-corrected chi connectivity index (χ0v) is 15.2. The summed E-state index contributed by atoms with van der Waals surface area (Å²) in [5.74, 6) is 0.0609. The number of halogens is 3. The molecule has 0 spiro atoms. The number of anilines is 1. The first-order chi connectivity index (χ1) is 10.5. The largest absolute Gasteiger partial charge is 0.443 e. The van der Waals surface area contributed by atoms with E-state index in [0.717, 1.165) is 36.7 Å². The number of benzene rings is 1. The van der Waals surface area contributed by atoms with Gasteiger partial charge in [0, 0.05) is 12.5 Å². The molecule has 2 aromatic rings. The molecule has 0 atom stereocenters. The topological polar surface area (TPSA) is 76.4 Å². The normalized spacial score (nSPS) is 11.2. The Morgan fingerprint density at radius 3 is 2.83 bits per heavy atom. The van der Waals surface area contributed by atoms with E-state index in [1.54, 1.807) is 0 Å². The predicted octanol–water partition coefficient (Wildman–Crippen LogP) is 3.76. The predicted molar refractivity (Wildman–Crippen MR) is 96.0 cm³/mol. The summed E-state index contributed by atoms with van der Waals surface area (Å²) >= 11 is 0. The lowest BCUT2D eigenvalue weighted by Gasteiger charge is -2.06. The first-order valence-electron chi connectivity index (χ1n) is 6.96. The summed E-state index contributed by atoms with van der Waals surface area (Å²) in [6, 6.07) is 3.06. The Labute approximate surface area is 150 Å². The Balaban J connectivity index is 0.00000264. The molecule has 5 nitrogen and oxygen atoms in total. The van der Waals surface area contributed by atoms with Crippen LogP contribution in [0.25, 0.3) is 0 Å². The number of nitrogens with one attached hydrogen (secondary N) is 1. The van der Waals surface area contributed by atoms with Gasteiger partial charge in [-0.2, -0.15) is 0 Å². The maximum absolute atomic E-state index is 13.5. The minimum atomic E-state index is -0.611. The molecule has 1 aromatic heterocycles. The van der Waals surface area contributed by atoms with Gasteiger partial charge in [0.05, 0.1) is 11.4 Å². The Bertz CT molecular complexity index is 688. The van der Waals surface area contributed by atoms with Crippen LogP contribution in [0.4, 0.5) is 14.5 Å².